The summed E-state index contributed by atoms with van der Waals surface area (Å²) in [5.74, 6) is 2.35. The third-order valence-electron chi connectivity index (χ3n) is 5.60. The van der Waals surface area contributed by atoms with Crippen LogP contribution in [0.4, 0.5) is 0 Å². The second-order valence-electron chi connectivity index (χ2n) is 7.87. The summed E-state index contributed by atoms with van der Waals surface area (Å²) in [6.45, 7) is 9.05. The quantitative estimate of drug-likeness (QED) is 0.743. The van der Waals surface area contributed by atoms with Crippen LogP contribution in [-0.4, -0.2) is 25.8 Å². The minimum atomic E-state index is 0.0548. The van der Waals surface area contributed by atoms with Crippen LogP contribution in [0.3, 0.4) is 0 Å². The summed E-state index contributed by atoms with van der Waals surface area (Å²) in [6, 6.07) is 1.08. The van der Waals surface area contributed by atoms with Gasteiger partial charge in [0.05, 0.1) is 19.7 Å². The Kier molecular flexibility index (Phi) is 5.79. The van der Waals surface area contributed by atoms with Gasteiger partial charge in [-0.25, -0.2) is 0 Å². The Morgan fingerprint density at radius 3 is 2.24 bits per heavy atom. The van der Waals surface area contributed by atoms with Crippen molar-refractivity contribution < 1.29 is 0 Å². The van der Waals surface area contributed by atoms with E-state index in [0.717, 1.165) is 0 Å². The lowest BCUT2D eigenvalue weighted by molar-refractivity contribution is 0.339. The van der Waals surface area contributed by atoms with Crippen molar-refractivity contribution in [2.45, 2.75) is 96.5 Å². The first kappa shape index (κ1) is 16.9. The molecular formula is C18H33BN2. The van der Waals surface area contributed by atoms with Gasteiger partial charge in [-0.05, 0) is 18.8 Å². The minimum Gasteiger partial charge on any atom is -0.369 e. The molecule has 2 rings (SSSR count). The molecule has 0 aromatic rings. The Bertz CT molecular complexity index is 364. The molecule has 1 aliphatic heterocycles. The topological polar surface area (TPSA) is 24.4 Å². The van der Waals surface area contributed by atoms with Crippen LogP contribution in [-0.2, 0) is 0 Å². The molecule has 118 valence electrons. The zero-order chi connectivity index (χ0) is 15.5. The van der Waals surface area contributed by atoms with Crippen molar-refractivity contribution in [2.24, 2.45) is 16.8 Å². The highest BCUT2D eigenvalue weighted by Gasteiger charge is 2.31. The number of aliphatic imine (C=N–C) groups is 1. The Balaban J connectivity index is 1.98. The molecule has 2 radical (unpaired) electrons. The van der Waals surface area contributed by atoms with Gasteiger partial charge in [0.1, 0.15) is 0 Å². The largest absolute Gasteiger partial charge is 0.369 e. The molecule has 3 atom stereocenters. The van der Waals surface area contributed by atoms with Gasteiger partial charge < -0.3 is 5.32 Å². The fraction of sp³-hybridized carbons (Fsp3) is 0.944. The van der Waals surface area contributed by atoms with Crippen molar-refractivity contribution >= 4 is 13.7 Å². The van der Waals surface area contributed by atoms with Crippen LogP contribution < -0.4 is 5.32 Å². The van der Waals surface area contributed by atoms with E-state index >= 15 is 0 Å². The zero-order valence-corrected chi connectivity index (χ0v) is 14.5. The fourth-order valence-corrected chi connectivity index (χ4v) is 3.77. The fourth-order valence-electron chi connectivity index (χ4n) is 3.77. The van der Waals surface area contributed by atoms with Gasteiger partial charge in [0.25, 0.3) is 0 Å². The maximum absolute atomic E-state index is 6.68. The number of nitrogens with zero attached hydrogens (tertiary/aromatic N) is 1. The first-order valence-electron chi connectivity index (χ1n) is 9.05. The monoisotopic (exact) mass is 288 g/mol. The summed E-state index contributed by atoms with van der Waals surface area (Å²) in [7, 11) is 6.68. The number of nitrogens with one attached hydrogen (secondary N) is 1. The van der Waals surface area contributed by atoms with Gasteiger partial charge in [0, 0.05) is 12.0 Å². The Labute approximate surface area is 133 Å². The average molecular weight is 288 g/mol. The number of hydrogen-bond donors (Lipinski definition) is 1. The molecule has 1 heterocycles. The van der Waals surface area contributed by atoms with Crippen molar-refractivity contribution in [3.8, 4) is 0 Å². The molecule has 3 heteroatoms. The number of amidine groups is 1. The SMILES string of the molecule is [B]C1(C(C)C)CCCCC2N=C(C(C)C)NC2CCCC1. The molecule has 0 saturated heterocycles. The van der Waals surface area contributed by atoms with E-state index in [9.17, 15) is 0 Å². The molecule has 2 aliphatic rings. The molecule has 21 heavy (non-hydrogen) atoms. The van der Waals surface area contributed by atoms with Gasteiger partial charge in [0.2, 0.25) is 0 Å². The molecule has 1 N–H and O–H groups in total. The second kappa shape index (κ2) is 7.20. The van der Waals surface area contributed by atoms with Gasteiger partial charge in [0.15, 0.2) is 0 Å². The van der Waals surface area contributed by atoms with Crippen LogP contribution in [0.2, 0.25) is 5.31 Å². The molecular weight excluding hydrogens is 255 g/mol. The average Bonchev–Trinajstić information content (AvgIpc) is 2.81. The van der Waals surface area contributed by atoms with Crippen LogP contribution in [0.1, 0.15) is 79.1 Å². The summed E-state index contributed by atoms with van der Waals surface area (Å²) in [5.41, 5.74) is 0. The van der Waals surface area contributed by atoms with E-state index in [-0.39, 0.29) is 5.31 Å². The first-order chi connectivity index (χ1) is 9.92. The highest BCUT2D eigenvalue weighted by atomic mass is 15.1. The van der Waals surface area contributed by atoms with Crippen LogP contribution in [0.15, 0.2) is 4.99 Å². The molecule has 0 amide bonds. The van der Waals surface area contributed by atoms with E-state index in [1.807, 2.05) is 0 Å². The number of rotatable bonds is 2. The molecule has 0 aromatic heterocycles. The predicted molar refractivity (Wildman–Crippen MR) is 93.2 cm³/mol. The molecule has 2 nitrogen and oxygen atoms in total. The summed E-state index contributed by atoms with van der Waals surface area (Å²) in [6.07, 6.45) is 9.89. The van der Waals surface area contributed by atoms with Gasteiger partial charge in [-0.2, -0.15) is 0 Å². The molecule has 0 spiro atoms. The van der Waals surface area contributed by atoms with Crippen molar-refractivity contribution in [1.29, 1.82) is 0 Å². The molecule has 1 saturated carbocycles. The molecule has 3 unspecified atom stereocenters. The molecule has 0 aromatic carbocycles. The van der Waals surface area contributed by atoms with E-state index < -0.39 is 0 Å². The third kappa shape index (κ3) is 4.26. The van der Waals surface area contributed by atoms with Crippen LogP contribution in [0, 0.1) is 11.8 Å². The van der Waals surface area contributed by atoms with Gasteiger partial charge in [-0.1, -0.05) is 71.5 Å². The van der Waals surface area contributed by atoms with E-state index in [1.54, 1.807) is 0 Å². The highest BCUT2D eigenvalue weighted by Crippen LogP contribution is 2.43. The van der Waals surface area contributed by atoms with Crippen molar-refractivity contribution in [3.63, 3.8) is 0 Å². The zero-order valence-electron chi connectivity index (χ0n) is 14.5. The van der Waals surface area contributed by atoms with Crippen LogP contribution in [0.25, 0.3) is 0 Å². The van der Waals surface area contributed by atoms with Crippen LogP contribution >= 0.6 is 0 Å². The van der Waals surface area contributed by atoms with Gasteiger partial charge in [-0.3, -0.25) is 4.99 Å². The standard InChI is InChI=1S/C18H33BN2/c1-13(2)17-20-15-9-5-7-11-18(19,14(3)4)12-8-6-10-16(15)21-17/h13-16H,5-12H2,1-4H3,(H,20,21). The van der Waals surface area contributed by atoms with Crippen molar-refractivity contribution in [1.82, 2.24) is 5.32 Å². The Hall–Kier alpha value is -0.465. The van der Waals surface area contributed by atoms with E-state index in [0.29, 0.717) is 23.9 Å². The maximum Gasteiger partial charge on any atom is 0.0996 e. The van der Waals surface area contributed by atoms with E-state index in [1.165, 1.54) is 57.2 Å². The lowest BCUT2D eigenvalue weighted by atomic mass is 9.56. The summed E-state index contributed by atoms with van der Waals surface area (Å²) < 4.78 is 0. The van der Waals surface area contributed by atoms with Gasteiger partial charge in [-0.15, -0.1) is 0 Å². The Morgan fingerprint density at radius 1 is 1.05 bits per heavy atom. The maximum atomic E-state index is 6.68. The lowest BCUT2D eigenvalue weighted by Crippen LogP contribution is -2.36. The van der Waals surface area contributed by atoms with Crippen molar-refractivity contribution in [3.05, 3.63) is 0 Å². The highest BCUT2D eigenvalue weighted by molar-refractivity contribution is 6.15. The molecule has 1 fully saturated rings. The molecule has 1 aliphatic carbocycles. The Morgan fingerprint density at radius 2 is 1.67 bits per heavy atom. The minimum absolute atomic E-state index is 0.0548. The summed E-state index contributed by atoms with van der Waals surface area (Å²) in [5, 5.41) is 3.75. The third-order valence-corrected chi connectivity index (χ3v) is 5.60. The summed E-state index contributed by atoms with van der Waals surface area (Å²) in [4.78, 5) is 4.96. The number of hydrogen-bond acceptors (Lipinski definition) is 2. The van der Waals surface area contributed by atoms with Gasteiger partial charge >= 0.3 is 0 Å². The van der Waals surface area contributed by atoms with Crippen molar-refractivity contribution in [2.75, 3.05) is 0 Å². The number of fused-ring (bicyclic) bond motifs is 1. The van der Waals surface area contributed by atoms with E-state index in [4.69, 9.17) is 12.8 Å². The van der Waals surface area contributed by atoms with E-state index in [2.05, 4.69) is 33.0 Å². The summed E-state index contributed by atoms with van der Waals surface area (Å²) >= 11 is 0. The lowest BCUT2D eigenvalue weighted by Gasteiger charge is -2.35. The predicted octanol–water partition coefficient (Wildman–Crippen LogP) is 4.50. The normalized spacial score (nSPS) is 35.0. The first-order valence-corrected chi connectivity index (χ1v) is 9.05. The smallest absolute Gasteiger partial charge is 0.0996 e. The molecule has 0 bridgehead atoms. The van der Waals surface area contributed by atoms with Crippen LogP contribution in [0.5, 0.6) is 0 Å². The second-order valence-corrected chi connectivity index (χ2v) is 7.87.